The lowest BCUT2D eigenvalue weighted by atomic mass is 9.95. The van der Waals surface area contributed by atoms with Crippen molar-refractivity contribution in [2.75, 3.05) is 5.88 Å². The van der Waals surface area contributed by atoms with E-state index >= 15 is 0 Å². The predicted octanol–water partition coefficient (Wildman–Crippen LogP) is 3.47. The van der Waals surface area contributed by atoms with Crippen LogP contribution in [0.4, 0.5) is 0 Å². The van der Waals surface area contributed by atoms with Gasteiger partial charge in [0, 0.05) is 5.88 Å². The Morgan fingerprint density at radius 3 is 2.60 bits per heavy atom. The van der Waals surface area contributed by atoms with Crippen LogP contribution in [0.1, 0.15) is 25.3 Å². The third kappa shape index (κ3) is 4.06. The molecule has 0 fully saturated rings. The number of rotatable bonds is 5. The zero-order chi connectivity index (χ0) is 11.1. The normalized spacial score (nSPS) is 15.4. The Kier molecular flexibility index (Phi) is 4.86. The first kappa shape index (κ1) is 12.3. The maximum absolute atomic E-state index is 10.2. The lowest BCUT2D eigenvalue weighted by Crippen LogP contribution is -2.17. The molecule has 0 amide bonds. The fourth-order valence-corrected chi connectivity index (χ4v) is 1.53. The number of halogens is 1. The van der Waals surface area contributed by atoms with Gasteiger partial charge in [0.25, 0.3) is 0 Å². The van der Waals surface area contributed by atoms with Gasteiger partial charge in [-0.3, -0.25) is 0 Å². The standard InChI is InChI=1S/C13H17ClO/c1-13(15,10-6-3-7-11-14)12-8-4-2-5-9-12/h2,4-6,8-10,15H,3,7,11H2,1H3/b10-6+/t13-/m0/s1. The minimum Gasteiger partial charge on any atom is -0.381 e. The molecule has 0 bridgehead atoms. The second-order valence-electron chi connectivity index (χ2n) is 3.75. The lowest BCUT2D eigenvalue weighted by Gasteiger charge is -2.19. The first-order chi connectivity index (χ1) is 7.17. The zero-order valence-corrected chi connectivity index (χ0v) is 9.74. The maximum atomic E-state index is 10.2. The molecule has 0 aliphatic carbocycles. The van der Waals surface area contributed by atoms with E-state index in [0.29, 0.717) is 5.88 Å². The molecule has 1 nitrogen and oxygen atoms in total. The average molecular weight is 225 g/mol. The van der Waals surface area contributed by atoms with E-state index in [2.05, 4.69) is 0 Å². The van der Waals surface area contributed by atoms with Crippen LogP contribution in [-0.4, -0.2) is 11.0 Å². The summed E-state index contributed by atoms with van der Waals surface area (Å²) >= 11 is 5.57. The number of aliphatic hydroxyl groups is 1. The molecule has 0 heterocycles. The molecule has 0 unspecified atom stereocenters. The van der Waals surface area contributed by atoms with Crippen LogP contribution < -0.4 is 0 Å². The van der Waals surface area contributed by atoms with Gasteiger partial charge in [0.05, 0.1) is 0 Å². The molecule has 1 atom stereocenters. The van der Waals surface area contributed by atoms with Crippen LogP contribution in [0, 0.1) is 0 Å². The Bertz CT molecular complexity index is 304. The van der Waals surface area contributed by atoms with Gasteiger partial charge in [0.1, 0.15) is 5.60 Å². The highest BCUT2D eigenvalue weighted by molar-refractivity contribution is 6.17. The predicted molar refractivity (Wildman–Crippen MR) is 65.1 cm³/mol. The second-order valence-corrected chi connectivity index (χ2v) is 4.13. The van der Waals surface area contributed by atoms with Crippen molar-refractivity contribution in [1.82, 2.24) is 0 Å². The van der Waals surface area contributed by atoms with E-state index in [-0.39, 0.29) is 0 Å². The zero-order valence-electron chi connectivity index (χ0n) is 8.99. The number of benzene rings is 1. The summed E-state index contributed by atoms with van der Waals surface area (Å²) < 4.78 is 0. The van der Waals surface area contributed by atoms with Gasteiger partial charge < -0.3 is 5.11 Å². The van der Waals surface area contributed by atoms with Gasteiger partial charge in [-0.25, -0.2) is 0 Å². The molecule has 1 aromatic carbocycles. The monoisotopic (exact) mass is 224 g/mol. The smallest absolute Gasteiger partial charge is 0.105 e. The minimum atomic E-state index is -0.881. The highest BCUT2D eigenvalue weighted by atomic mass is 35.5. The fraction of sp³-hybridized carbons (Fsp3) is 0.385. The molecule has 0 aliphatic heterocycles. The van der Waals surface area contributed by atoms with E-state index in [4.69, 9.17) is 11.6 Å². The van der Waals surface area contributed by atoms with Crippen molar-refractivity contribution >= 4 is 11.6 Å². The van der Waals surface area contributed by atoms with Crippen molar-refractivity contribution in [3.05, 3.63) is 48.0 Å². The van der Waals surface area contributed by atoms with Crippen molar-refractivity contribution in [1.29, 1.82) is 0 Å². The van der Waals surface area contributed by atoms with Crippen LogP contribution in [0.5, 0.6) is 0 Å². The van der Waals surface area contributed by atoms with E-state index < -0.39 is 5.60 Å². The molecule has 1 N–H and O–H groups in total. The molecular formula is C13H17ClO. The van der Waals surface area contributed by atoms with Gasteiger partial charge in [0.2, 0.25) is 0 Å². The van der Waals surface area contributed by atoms with E-state index in [0.717, 1.165) is 18.4 Å². The summed E-state index contributed by atoms with van der Waals surface area (Å²) in [7, 11) is 0. The van der Waals surface area contributed by atoms with Gasteiger partial charge in [-0.15, -0.1) is 11.6 Å². The molecular weight excluding hydrogens is 208 g/mol. The first-order valence-corrected chi connectivity index (χ1v) is 5.72. The topological polar surface area (TPSA) is 20.2 Å². The summed E-state index contributed by atoms with van der Waals surface area (Å²) in [6, 6.07) is 9.64. The Morgan fingerprint density at radius 1 is 1.33 bits per heavy atom. The van der Waals surface area contributed by atoms with E-state index in [1.807, 2.05) is 42.5 Å². The molecule has 0 radical (unpaired) electrons. The molecule has 0 saturated carbocycles. The largest absolute Gasteiger partial charge is 0.381 e. The van der Waals surface area contributed by atoms with Crippen LogP contribution in [0.25, 0.3) is 0 Å². The number of allylic oxidation sites excluding steroid dienone is 1. The van der Waals surface area contributed by atoms with Crippen molar-refractivity contribution in [3.63, 3.8) is 0 Å². The molecule has 0 aromatic heterocycles. The van der Waals surface area contributed by atoms with Crippen molar-refractivity contribution in [3.8, 4) is 0 Å². The molecule has 1 aromatic rings. The third-order valence-corrected chi connectivity index (χ3v) is 2.57. The fourth-order valence-electron chi connectivity index (χ4n) is 1.38. The summed E-state index contributed by atoms with van der Waals surface area (Å²) in [5, 5.41) is 10.2. The number of unbranched alkanes of at least 4 members (excludes halogenated alkanes) is 1. The molecule has 0 aliphatic rings. The molecule has 0 saturated heterocycles. The molecule has 82 valence electrons. The highest BCUT2D eigenvalue weighted by Crippen LogP contribution is 2.21. The lowest BCUT2D eigenvalue weighted by molar-refractivity contribution is 0.111. The average Bonchev–Trinajstić information content (AvgIpc) is 2.26. The van der Waals surface area contributed by atoms with E-state index in [9.17, 15) is 5.11 Å². The SMILES string of the molecule is C[C@](O)(/C=C/CCCCl)c1ccccc1. The molecule has 2 heteroatoms. The van der Waals surface area contributed by atoms with Crippen LogP contribution in [0.2, 0.25) is 0 Å². The highest BCUT2D eigenvalue weighted by Gasteiger charge is 2.17. The van der Waals surface area contributed by atoms with E-state index in [1.54, 1.807) is 6.92 Å². The number of alkyl halides is 1. The summed E-state index contributed by atoms with van der Waals surface area (Å²) in [5.74, 6) is 0.665. The Hall–Kier alpha value is -0.790. The summed E-state index contributed by atoms with van der Waals surface area (Å²) in [6.45, 7) is 1.79. The molecule has 0 spiro atoms. The third-order valence-electron chi connectivity index (χ3n) is 2.31. The summed E-state index contributed by atoms with van der Waals surface area (Å²) in [5.41, 5.74) is 0.0280. The van der Waals surface area contributed by atoms with Gasteiger partial charge in [0.15, 0.2) is 0 Å². The summed E-state index contributed by atoms with van der Waals surface area (Å²) in [4.78, 5) is 0. The van der Waals surface area contributed by atoms with Crippen molar-refractivity contribution in [2.45, 2.75) is 25.4 Å². The quantitative estimate of drug-likeness (QED) is 0.461. The molecule has 1 rings (SSSR count). The van der Waals surface area contributed by atoms with Gasteiger partial charge >= 0.3 is 0 Å². The first-order valence-electron chi connectivity index (χ1n) is 5.18. The second kappa shape index (κ2) is 5.94. The van der Waals surface area contributed by atoms with Crippen molar-refractivity contribution < 1.29 is 5.11 Å². The Balaban J connectivity index is 2.63. The van der Waals surface area contributed by atoms with Crippen LogP contribution in [-0.2, 0) is 5.60 Å². The van der Waals surface area contributed by atoms with Crippen LogP contribution in [0.3, 0.4) is 0 Å². The maximum Gasteiger partial charge on any atom is 0.105 e. The molecule has 15 heavy (non-hydrogen) atoms. The number of hydrogen-bond acceptors (Lipinski definition) is 1. The van der Waals surface area contributed by atoms with Crippen molar-refractivity contribution in [2.24, 2.45) is 0 Å². The summed E-state index contributed by atoms with van der Waals surface area (Å²) in [6.07, 6.45) is 5.67. The van der Waals surface area contributed by atoms with Crippen LogP contribution >= 0.6 is 11.6 Å². The van der Waals surface area contributed by atoms with Crippen LogP contribution in [0.15, 0.2) is 42.5 Å². The Labute approximate surface area is 96.4 Å². The van der Waals surface area contributed by atoms with E-state index in [1.165, 1.54) is 0 Å². The number of hydrogen-bond donors (Lipinski definition) is 1. The van der Waals surface area contributed by atoms with Gasteiger partial charge in [-0.2, -0.15) is 0 Å². The minimum absolute atomic E-state index is 0.665. The Morgan fingerprint density at radius 2 is 2.00 bits per heavy atom. The van der Waals surface area contributed by atoms with Gasteiger partial charge in [-0.1, -0.05) is 42.5 Å². The van der Waals surface area contributed by atoms with Gasteiger partial charge in [-0.05, 0) is 25.3 Å².